The van der Waals surface area contributed by atoms with E-state index in [1.54, 1.807) is 24.3 Å². The molecule has 4 nitrogen and oxygen atoms in total. The molecule has 0 aliphatic carbocycles. The summed E-state index contributed by atoms with van der Waals surface area (Å²) in [6, 6.07) is 14.6. The Labute approximate surface area is 148 Å². The van der Waals surface area contributed by atoms with Gasteiger partial charge in [0.15, 0.2) is 0 Å². The second kappa shape index (κ2) is 8.51. The van der Waals surface area contributed by atoms with Crippen molar-refractivity contribution in [3.05, 3.63) is 64.7 Å². The molecule has 2 aromatic carbocycles. The molecule has 0 heterocycles. The van der Waals surface area contributed by atoms with Crippen LogP contribution in [0.4, 0.5) is 0 Å². The number of sulfonamides is 1. The van der Waals surface area contributed by atoms with Gasteiger partial charge in [-0.05, 0) is 35.2 Å². The maximum atomic E-state index is 12.1. The minimum absolute atomic E-state index is 0.101. The van der Waals surface area contributed by atoms with Crippen LogP contribution in [0.5, 0.6) is 5.75 Å². The van der Waals surface area contributed by atoms with Crippen molar-refractivity contribution in [1.29, 1.82) is 0 Å². The Bertz CT molecular complexity index is 775. The van der Waals surface area contributed by atoms with Crippen molar-refractivity contribution in [2.24, 2.45) is 0 Å². The lowest BCUT2D eigenvalue weighted by molar-refractivity contribution is 0.318. The number of benzene rings is 2. The Morgan fingerprint density at radius 3 is 2.58 bits per heavy atom. The molecule has 0 atom stereocenters. The fourth-order valence-corrected chi connectivity index (χ4v) is 3.67. The van der Waals surface area contributed by atoms with E-state index >= 15 is 0 Å². The average Bonchev–Trinajstić information content (AvgIpc) is 2.51. The first-order valence-corrected chi connectivity index (χ1v) is 9.84. The lowest BCUT2D eigenvalue weighted by Gasteiger charge is -2.14. The van der Waals surface area contributed by atoms with Crippen molar-refractivity contribution in [3.8, 4) is 5.75 Å². The number of ether oxygens (including phenoxy) is 1. The maximum absolute atomic E-state index is 12.1. The zero-order valence-electron chi connectivity index (χ0n) is 13.8. The van der Waals surface area contributed by atoms with Gasteiger partial charge in [-0.15, -0.1) is 0 Å². The Morgan fingerprint density at radius 2 is 1.88 bits per heavy atom. The van der Waals surface area contributed by atoms with E-state index in [-0.39, 0.29) is 18.9 Å². The van der Waals surface area contributed by atoms with Gasteiger partial charge < -0.3 is 4.74 Å². The first kappa shape index (κ1) is 18.8. The molecule has 0 saturated heterocycles. The van der Waals surface area contributed by atoms with Crippen LogP contribution >= 0.6 is 11.6 Å². The van der Waals surface area contributed by atoms with Crippen LogP contribution < -0.4 is 9.46 Å². The molecule has 2 aromatic rings. The van der Waals surface area contributed by atoms with Gasteiger partial charge in [-0.2, -0.15) is 0 Å². The molecule has 0 aliphatic heterocycles. The monoisotopic (exact) mass is 367 g/mol. The average molecular weight is 368 g/mol. The van der Waals surface area contributed by atoms with Crippen LogP contribution in [0.1, 0.15) is 30.9 Å². The lowest BCUT2D eigenvalue weighted by Crippen LogP contribution is -2.29. The van der Waals surface area contributed by atoms with Gasteiger partial charge in [0.2, 0.25) is 10.0 Å². The van der Waals surface area contributed by atoms with Crippen LogP contribution in [0.2, 0.25) is 5.02 Å². The summed E-state index contributed by atoms with van der Waals surface area (Å²) in [5, 5.41) is 0.524. The summed E-state index contributed by atoms with van der Waals surface area (Å²) in [4.78, 5) is 0. The summed E-state index contributed by atoms with van der Waals surface area (Å²) >= 11 is 5.87. The topological polar surface area (TPSA) is 55.4 Å². The van der Waals surface area contributed by atoms with Crippen molar-refractivity contribution in [3.63, 3.8) is 0 Å². The molecule has 0 unspecified atom stereocenters. The molecule has 0 spiro atoms. The highest BCUT2D eigenvalue weighted by atomic mass is 35.5. The number of hydrogen-bond donors (Lipinski definition) is 1. The van der Waals surface area contributed by atoms with Gasteiger partial charge in [0.25, 0.3) is 0 Å². The molecule has 24 heavy (non-hydrogen) atoms. The second-order valence-electron chi connectivity index (χ2n) is 5.82. The molecule has 0 aliphatic rings. The summed E-state index contributed by atoms with van der Waals surface area (Å²) in [6.45, 7) is 4.68. The van der Waals surface area contributed by atoms with E-state index in [0.29, 0.717) is 16.5 Å². The third-order valence-electron chi connectivity index (χ3n) is 3.47. The van der Waals surface area contributed by atoms with E-state index in [9.17, 15) is 8.42 Å². The standard InChI is InChI=1S/C18H22ClNO3S/c1-14(2)17-8-3-4-9-18(17)23-11-10-20-24(21,22)13-15-6-5-7-16(19)12-15/h3-9,12,14,20H,10-11,13H2,1-2H3. The molecular weight excluding hydrogens is 346 g/mol. The zero-order valence-corrected chi connectivity index (χ0v) is 15.4. The molecule has 0 aromatic heterocycles. The van der Waals surface area contributed by atoms with E-state index in [4.69, 9.17) is 16.3 Å². The van der Waals surface area contributed by atoms with Crippen molar-refractivity contribution >= 4 is 21.6 Å². The predicted molar refractivity (Wildman–Crippen MR) is 98.1 cm³/mol. The minimum atomic E-state index is -3.42. The molecule has 0 bridgehead atoms. The number of hydrogen-bond acceptors (Lipinski definition) is 3. The number of nitrogens with one attached hydrogen (secondary N) is 1. The Morgan fingerprint density at radius 1 is 1.12 bits per heavy atom. The van der Waals surface area contributed by atoms with Crippen molar-refractivity contribution in [1.82, 2.24) is 4.72 Å². The molecule has 0 fully saturated rings. The largest absolute Gasteiger partial charge is 0.492 e. The summed E-state index contributed by atoms with van der Waals surface area (Å²) in [7, 11) is -3.42. The van der Waals surface area contributed by atoms with Gasteiger partial charge in [0.1, 0.15) is 12.4 Å². The highest BCUT2D eigenvalue weighted by Gasteiger charge is 2.12. The minimum Gasteiger partial charge on any atom is -0.492 e. The van der Waals surface area contributed by atoms with Crippen LogP contribution in [0, 0.1) is 0 Å². The molecular formula is C18H22ClNO3S. The molecule has 0 saturated carbocycles. The molecule has 0 radical (unpaired) electrons. The first-order valence-electron chi connectivity index (χ1n) is 7.81. The van der Waals surface area contributed by atoms with E-state index in [1.165, 1.54) is 0 Å². The van der Waals surface area contributed by atoms with E-state index in [2.05, 4.69) is 18.6 Å². The molecule has 130 valence electrons. The van der Waals surface area contributed by atoms with Gasteiger partial charge >= 0.3 is 0 Å². The van der Waals surface area contributed by atoms with Gasteiger partial charge in [0, 0.05) is 11.6 Å². The fraction of sp³-hybridized carbons (Fsp3) is 0.333. The van der Waals surface area contributed by atoms with Gasteiger partial charge in [-0.1, -0.05) is 55.8 Å². The van der Waals surface area contributed by atoms with E-state index < -0.39 is 10.0 Å². The van der Waals surface area contributed by atoms with Crippen LogP contribution in [0.3, 0.4) is 0 Å². The van der Waals surface area contributed by atoms with Gasteiger partial charge in [-0.25, -0.2) is 13.1 Å². The van der Waals surface area contributed by atoms with E-state index in [1.807, 2.05) is 24.3 Å². The SMILES string of the molecule is CC(C)c1ccccc1OCCNS(=O)(=O)Cc1cccc(Cl)c1. The number of para-hydroxylation sites is 1. The van der Waals surface area contributed by atoms with Crippen LogP contribution in [0.15, 0.2) is 48.5 Å². The van der Waals surface area contributed by atoms with Gasteiger partial charge in [-0.3, -0.25) is 0 Å². The third-order valence-corrected chi connectivity index (χ3v) is 5.06. The molecule has 2 rings (SSSR count). The quantitative estimate of drug-likeness (QED) is 0.718. The highest BCUT2D eigenvalue weighted by Crippen LogP contribution is 2.25. The summed E-state index contributed by atoms with van der Waals surface area (Å²) in [6.07, 6.45) is 0. The van der Waals surface area contributed by atoms with Crippen molar-refractivity contribution in [2.45, 2.75) is 25.5 Å². The Balaban J connectivity index is 1.85. The smallest absolute Gasteiger partial charge is 0.215 e. The third kappa shape index (κ3) is 5.82. The highest BCUT2D eigenvalue weighted by molar-refractivity contribution is 7.88. The van der Waals surface area contributed by atoms with Crippen molar-refractivity contribution in [2.75, 3.05) is 13.2 Å². The summed E-state index contributed by atoms with van der Waals surface area (Å²) in [5.41, 5.74) is 1.76. The first-order chi connectivity index (χ1) is 11.4. The predicted octanol–water partition coefficient (Wildman–Crippen LogP) is 3.96. The normalized spacial score (nSPS) is 11.7. The Hall–Kier alpha value is -1.56. The van der Waals surface area contributed by atoms with Crippen LogP contribution in [-0.2, 0) is 15.8 Å². The van der Waals surface area contributed by atoms with E-state index in [0.717, 1.165) is 11.3 Å². The summed E-state index contributed by atoms with van der Waals surface area (Å²) < 4.78 is 32.4. The molecule has 0 amide bonds. The molecule has 6 heteroatoms. The second-order valence-corrected chi connectivity index (χ2v) is 8.07. The Kier molecular flexibility index (Phi) is 6.66. The van der Waals surface area contributed by atoms with Crippen LogP contribution in [-0.4, -0.2) is 21.6 Å². The molecule has 1 N–H and O–H groups in total. The summed E-state index contributed by atoms with van der Waals surface area (Å²) in [5.74, 6) is 1.04. The fourth-order valence-electron chi connectivity index (χ4n) is 2.34. The number of halogens is 1. The van der Waals surface area contributed by atoms with Crippen LogP contribution in [0.25, 0.3) is 0 Å². The zero-order chi connectivity index (χ0) is 17.6. The lowest BCUT2D eigenvalue weighted by atomic mass is 10.0. The van der Waals surface area contributed by atoms with Gasteiger partial charge in [0.05, 0.1) is 5.75 Å². The maximum Gasteiger partial charge on any atom is 0.215 e. The van der Waals surface area contributed by atoms with Crippen molar-refractivity contribution < 1.29 is 13.2 Å². The number of rotatable bonds is 8.